The summed E-state index contributed by atoms with van der Waals surface area (Å²) in [6.07, 6.45) is 1.64. The number of hydrogen-bond donors (Lipinski definition) is 1. The second kappa shape index (κ2) is 5.62. The fourth-order valence-electron chi connectivity index (χ4n) is 2.56. The Morgan fingerprint density at radius 1 is 1.25 bits per heavy atom. The monoisotopic (exact) mass is 325 g/mol. The number of nitro groups is 1. The molecule has 0 spiro atoms. The van der Waals surface area contributed by atoms with Gasteiger partial charge in [-0.2, -0.15) is 0 Å². The molecule has 0 aliphatic heterocycles. The zero-order valence-corrected chi connectivity index (χ0v) is 12.5. The smallest absolute Gasteiger partial charge is 0.287 e. The molecular formula is C17H11NO6. The van der Waals surface area contributed by atoms with Crippen molar-refractivity contribution in [1.82, 2.24) is 0 Å². The third-order valence-electron chi connectivity index (χ3n) is 3.76. The number of aromatic hydroxyl groups is 1. The summed E-state index contributed by atoms with van der Waals surface area (Å²) in [5, 5.41) is 20.8. The number of fused-ring (bicyclic) bond motifs is 1. The number of aldehydes is 1. The van der Waals surface area contributed by atoms with Crippen LogP contribution in [-0.4, -0.2) is 16.3 Å². The number of phenols is 1. The SMILES string of the molecule is Cc1ccc2occ(-c3ccc(O)c(C=O)c3)c(=O)c2c1[N+](=O)[O-]. The number of nitro benzene ring substituents is 1. The van der Waals surface area contributed by atoms with Gasteiger partial charge >= 0.3 is 0 Å². The number of rotatable bonds is 3. The highest BCUT2D eigenvalue weighted by molar-refractivity contribution is 5.91. The summed E-state index contributed by atoms with van der Waals surface area (Å²) in [7, 11) is 0. The van der Waals surface area contributed by atoms with E-state index in [4.69, 9.17) is 4.42 Å². The van der Waals surface area contributed by atoms with E-state index >= 15 is 0 Å². The first-order valence-corrected chi connectivity index (χ1v) is 6.92. The lowest BCUT2D eigenvalue weighted by Gasteiger charge is -2.06. The van der Waals surface area contributed by atoms with Crippen LogP contribution in [0.4, 0.5) is 5.69 Å². The van der Waals surface area contributed by atoms with Crippen LogP contribution >= 0.6 is 0 Å². The number of hydrogen-bond acceptors (Lipinski definition) is 6. The van der Waals surface area contributed by atoms with Crippen molar-refractivity contribution < 1.29 is 19.2 Å². The maximum absolute atomic E-state index is 12.8. The highest BCUT2D eigenvalue weighted by Gasteiger charge is 2.22. The fraction of sp³-hybridized carbons (Fsp3) is 0.0588. The second-order valence-electron chi connectivity index (χ2n) is 5.23. The van der Waals surface area contributed by atoms with Crippen LogP contribution in [0.1, 0.15) is 15.9 Å². The Kier molecular flexibility index (Phi) is 3.61. The molecule has 1 heterocycles. The van der Waals surface area contributed by atoms with E-state index in [2.05, 4.69) is 0 Å². The lowest BCUT2D eigenvalue weighted by Crippen LogP contribution is -2.08. The van der Waals surface area contributed by atoms with Crippen molar-refractivity contribution in [3.05, 3.63) is 68.1 Å². The zero-order valence-electron chi connectivity index (χ0n) is 12.5. The Labute approximate surface area is 134 Å². The van der Waals surface area contributed by atoms with E-state index in [0.717, 1.165) is 0 Å². The van der Waals surface area contributed by atoms with E-state index in [0.29, 0.717) is 17.4 Å². The van der Waals surface area contributed by atoms with E-state index in [1.54, 1.807) is 0 Å². The van der Waals surface area contributed by atoms with Gasteiger partial charge in [0.1, 0.15) is 23.0 Å². The first-order chi connectivity index (χ1) is 11.4. The molecule has 7 nitrogen and oxygen atoms in total. The van der Waals surface area contributed by atoms with Crippen molar-refractivity contribution in [2.24, 2.45) is 0 Å². The quantitative estimate of drug-likeness (QED) is 0.450. The van der Waals surface area contributed by atoms with Crippen molar-refractivity contribution in [2.75, 3.05) is 0 Å². The van der Waals surface area contributed by atoms with Crippen molar-refractivity contribution in [3.63, 3.8) is 0 Å². The minimum atomic E-state index is -0.619. The molecule has 0 amide bonds. The van der Waals surface area contributed by atoms with Crippen molar-refractivity contribution >= 4 is 22.9 Å². The Bertz CT molecular complexity index is 1050. The molecule has 1 aromatic heterocycles. The van der Waals surface area contributed by atoms with Gasteiger partial charge in [0.05, 0.1) is 16.1 Å². The lowest BCUT2D eigenvalue weighted by molar-refractivity contribution is -0.383. The maximum Gasteiger partial charge on any atom is 0.287 e. The highest BCUT2D eigenvalue weighted by atomic mass is 16.6. The number of nitrogens with zero attached hydrogens (tertiary/aromatic N) is 1. The van der Waals surface area contributed by atoms with Crippen molar-refractivity contribution in [3.8, 4) is 16.9 Å². The predicted octanol–water partition coefficient (Wildman–Crippen LogP) is 3.19. The normalized spacial score (nSPS) is 10.7. The van der Waals surface area contributed by atoms with Crippen LogP contribution < -0.4 is 5.43 Å². The molecule has 0 radical (unpaired) electrons. The van der Waals surface area contributed by atoms with Gasteiger partial charge in [0.25, 0.3) is 5.69 Å². The summed E-state index contributed by atoms with van der Waals surface area (Å²) >= 11 is 0. The molecule has 0 unspecified atom stereocenters. The van der Waals surface area contributed by atoms with Gasteiger partial charge < -0.3 is 9.52 Å². The van der Waals surface area contributed by atoms with E-state index in [1.165, 1.54) is 43.5 Å². The number of carbonyl (C=O) groups excluding carboxylic acids is 1. The first-order valence-electron chi connectivity index (χ1n) is 6.92. The summed E-state index contributed by atoms with van der Waals surface area (Å²) in [6.45, 7) is 1.54. The summed E-state index contributed by atoms with van der Waals surface area (Å²) in [5.74, 6) is -0.222. The van der Waals surface area contributed by atoms with Gasteiger partial charge in [-0.15, -0.1) is 0 Å². The lowest BCUT2D eigenvalue weighted by atomic mass is 10.0. The maximum atomic E-state index is 12.8. The number of phenolic OH excluding ortho intramolecular Hbond substituents is 1. The predicted molar refractivity (Wildman–Crippen MR) is 86.4 cm³/mol. The average Bonchev–Trinajstić information content (AvgIpc) is 2.56. The molecule has 120 valence electrons. The fourth-order valence-corrected chi connectivity index (χ4v) is 2.56. The molecule has 0 saturated heterocycles. The van der Waals surface area contributed by atoms with E-state index in [9.17, 15) is 24.8 Å². The summed E-state index contributed by atoms with van der Waals surface area (Å²) in [6, 6.07) is 7.03. The third-order valence-corrected chi connectivity index (χ3v) is 3.76. The Morgan fingerprint density at radius 2 is 2.00 bits per heavy atom. The number of aryl methyl sites for hydroxylation is 1. The first kappa shape index (κ1) is 15.4. The van der Waals surface area contributed by atoms with Crippen molar-refractivity contribution in [2.45, 2.75) is 6.92 Å². The van der Waals surface area contributed by atoms with Gasteiger partial charge in [-0.25, -0.2) is 0 Å². The van der Waals surface area contributed by atoms with Gasteiger partial charge in [0, 0.05) is 5.56 Å². The molecule has 0 atom stereocenters. The van der Waals surface area contributed by atoms with Crippen LogP contribution in [0.5, 0.6) is 5.75 Å². The molecule has 0 saturated carbocycles. The van der Waals surface area contributed by atoms with E-state index < -0.39 is 10.4 Å². The molecular weight excluding hydrogens is 314 g/mol. The third kappa shape index (κ3) is 2.32. The Hall–Kier alpha value is -3.48. The van der Waals surface area contributed by atoms with Gasteiger partial charge in [0.15, 0.2) is 6.29 Å². The topological polar surface area (TPSA) is 111 Å². The zero-order chi connectivity index (χ0) is 17.4. The Balaban J connectivity index is 2.38. The van der Waals surface area contributed by atoms with Crippen LogP contribution in [-0.2, 0) is 0 Å². The van der Waals surface area contributed by atoms with Crippen LogP contribution in [0.3, 0.4) is 0 Å². The molecule has 3 aromatic rings. The largest absolute Gasteiger partial charge is 0.507 e. The summed E-state index contributed by atoms with van der Waals surface area (Å²) in [4.78, 5) is 34.4. The van der Waals surface area contributed by atoms with Gasteiger partial charge in [0.2, 0.25) is 5.43 Å². The summed E-state index contributed by atoms with van der Waals surface area (Å²) < 4.78 is 5.37. The van der Waals surface area contributed by atoms with Gasteiger partial charge in [-0.05, 0) is 36.8 Å². The minimum absolute atomic E-state index is 0.00531. The highest BCUT2D eigenvalue weighted by Crippen LogP contribution is 2.30. The van der Waals surface area contributed by atoms with E-state index in [1.807, 2.05) is 0 Å². The molecule has 0 aliphatic rings. The summed E-state index contributed by atoms with van der Waals surface area (Å²) in [5.41, 5.74) is -0.0373. The van der Waals surface area contributed by atoms with Crippen LogP contribution in [0.2, 0.25) is 0 Å². The van der Waals surface area contributed by atoms with Crippen LogP contribution in [0, 0.1) is 17.0 Å². The van der Waals surface area contributed by atoms with Crippen molar-refractivity contribution in [1.29, 1.82) is 0 Å². The second-order valence-corrected chi connectivity index (χ2v) is 5.23. The van der Waals surface area contributed by atoms with Crippen LogP contribution in [0.25, 0.3) is 22.1 Å². The standard InChI is InChI=1S/C17H11NO6/c1-9-2-5-14-15(16(9)18(22)23)17(21)12(8-24-14)10-3-4-13(20)11(6-10)7-19/h2-8,20H,1H3. The van der Waals surface area contributed by atoms with Gasteiger partial charge in [-0.3, -0.25) is 19.7 Å². The van der Waals surface area contributed by atoms with E-state index in [-0.39, 0.29) is 33.5 Å². The molecule has 1 N–H and O–H groups in total. The molecule has 24 heavy (non-hydrogen) atoms. The molecule has 2 aromatic carbocycles. The minimum Gasteiger partial charge on any atom is -0.507 e. The number of benzene rings is 2. The van der Waals surface area contributed by atoms with Gasteiger partial charge in [-0.1, -0.05) is 6.07 Å². The van der Waals surface area contributed by atoms with Crippen LogP contribution in [0.15, 0.2) is 45.8 Å². The molecule has 3 rings (SSSR count). The molecule has 0 aliphatic carbocycles. The Morgan fingerprint density at radius 3 is 2.67 bits per heavy atom. The average molecular weight is 325 g/mol. The molecule has 0 bridgehead atoms. The molecule has 7 heteroatoms. The number of carbonyl (C=O) groups is 1. The molecule has 0 fully saturated rings.